The Morgan fingerprint density at radius 3 is 2.12 bits per heavy atom. The van der Waals surface area contributed by atoms with Crippen molar-refractivity contribution in [2.45, 2.75) is 17.7 Å². The van der Waals surface area contributed by atoms with Gasteiger partial charge in [0.2, 0.25) is 15.9 Å². The zero-order valence-electron chi connectivity index (χ0n) is 14.3. The Balaban J connectivity index is 1.79. The van der Waals surface area contributed by atoms with E-state index < -0.39 is 10.0 Å². The fraction of sp³-hybridized carbons (Fsp3) is 0.278. The molecule has 0 saturated carbocycles. The second-order valence-corrected chi connectivity index (χ2v) is 8.71. The van der Waals surface area contributed by atoms with Crippen LogP contribution in [0.3, 0.4) is 0 Å². The number of hydrogen-bond donors (Lipinski definition) is 1. The van der Waals surface area contributed by atoms with Gasteiger partial charge in [-0.25, -0.2) is 8.42 Å². The number of likely N-dealkylation sites (N-methyl/N-ethyl adjacent to an activating group) is 1. The van der Waals surface area contributed by atoms with Crippen molar-refractivity contribution in [2.75, 3.05) is 20.1 Å². The molecule has 8 heteroatoms. The molecule has 0 atom stereocenters. The summed E-state index contributed by atoms with van der Waals surface area (Å²) in [5.74, 6) is -0.346. The summed E-state index contributed by atoms with van der Waals surface area (Å²) in [7, 11) is -2.35. The molecule has 0 bridgehead atoms. The summed E-state index contributed by atoms with van der Waals surface area (Å²) >= 11 is 11.6. The van der Waals surface area contributed by atoms with Crippen molar-refractivity contribution < 1.29 is 13.2 Å². The molecule has 0 aliphatic heterocycles. The van der Waals surface area contributed by atoms with Gasteiger partial charge in [0.1, 0.15) is 0 Å². The Labute approximate surface area is 164 Å². The van der Waals surface area contributed by atoms with Crippen LogP contribution in [0.25, 0.3) is 0 Å². The maximum Gasteiger partial charge on any atom is 0.243 e. The van der Waals surface area contributed by atoms with E-state index >= 15 is 0 Å². The number of halogens is 2. The summed E-state index contributed by atoms with van der Waals surface area (Å²) in [6.45, 7) is 0.224. The molecule has 2 aromatic carbocycles. The van der Waals surface area contributed by atoms with E-state index in [2.05, 4.69) is 5.32 Å². The van der Waals surface area contributed by atoms with Crippen LogP contribution < -0.4 is 5.32 Å². The average Bonchev–Trinajstić information content (AvgIpc) is 2.60. The van der Waals surface area contributed by atoms with Crippen LogP contribution in [0, 0.1) is 0 Å². The molecule has 1 amide bonds. The Hall–Kier alpha value is -1.60. The smallest absolute Gasteiger partial charge is 0.243 e. The van der Waals surface area contributed by atoms with Gasteiger partial charge < -0.3 is 5.32 Å². The molecule has 0 aromatic heterocycles. The third-order valence-electron chi connectivity index (χ3n) is 3.77. The van der Waals surface area contributed by atoms with Gasteiger partial charge in [0.15, 0.2) is 0 Å². The maximum atomic E-state index is 12.4. The molecule has 0 aliphatic rings. The lowest BCUT2D eigenvalue weighted by atomic mass is 10.1. The molecule has 0 heterocycles. The number of nitrogens with one attached hydrogen (secondary N) is 1. The highest BCUT2D eigenvalue weighted by Crippen LogP contribution is 2.17. The standard InChI is InChI=1S/C18H20Cl2N2O3S/c1-22(26(24,25)17-10-8-16(20)9-11-17)13-18(23)21-12-2-3-14-4-6-15(19)7-5-14/h4-11H,2-3,12-13H2,1H3,(H,21,23). The highest BCUT2D eigenvalue weighted by Gasteiger charge is 2.22. The van der Waals surface area contributed by atoms with E-state index in [0.29, 0.717) is 16.6 Å². The topological polar surface area (TPSA) is 66.5 Å². The lowest BCUT2D eigenvalue weighted by Gasteiger charge is -2.17. The van der Waals surface area contributed by atoms with Gasteiger partial charge in [0.25, 0.3) is 0 Å². The minimum absolute atomic E-state index is 0.0972. The van der Waals surface area contributed by atoms with Gasteiger partial charge in [0, 0.05) is 23.6 Å². The molecule has 2 aromatic rings. The van der Waals surface area contributed by atoms with Crippen molar-refractivity contribution in [3.05, 3.63) is 64.1 Å². The average molecular weight is 415 g/mol. The molecular formula is C18H20Cl2N2O3S. The third-order valence-corrected chi connectivity index (χ3v) is 6.09. The Kier molecular flexibility index (Phi) is 7.46. The SMILES string of the molecule is CN(CC(=O)NCCCc1ccc(Cl)cc1)S(=O)(=O)c1ccc(Cl)cc1. The number of benzene rings is 2. The minimum atomic E-state index is -3.73. The zero-order chi connectivity index (χ0) is 19.2. The summed E-state index contributed by atoms with van der Waals surface area (Å²) in [4.78, 5) is 12.1. The van der Waals surface area contributed by atoms with Gasteiger partial charge >= 0.3 is 0 Å². The van der Waals surface area contributed by atoms with Crippen molar-refractivity contribution >= 4 is 39.1 Å². The molecule has 140 valence electrons. The Bertz CT molecular complexity index is 838. The van der Waals surface area contributed by atoms with E-state index in [1.54, 1.807) is 0 Å². The zero-order valence-corrected chi connectivity index (χ0v) is 16.6. The molecule has 2 rings (SSSR count). The fourth-order valence-electron chi connectivity index (χ4n) is 2.30. The number of nitrogens with zero attached hydrogens (tertiary/aromatic N) is 1. The van der Waals surface area contributed by atoms with Crippen molar-refractivity contribution in [1.29, 1.82) is 0 Å². The van der Waals surface area contributed by atoms with Crippen LogP contribution in [0.2, 0.25) is 10.0 Å². The quantitative estimate of drug-likeness (QED) is 0.673. The first-order chi connectivity index (χ1) is 12.3. The number of aryl methyl sites for hydroxylation is 1. The van der Waals surface area contributed by atoms with Crippen LogP contribution in [-0.2, 0) is 21.2 Å². The number of carbonyl (C=O) groups excluding carboxylic acids is 1. The molecular weight excluding hydrogens is 395 g/mol. The van der Waals surface area contributed by atoms with Crippen LogP contribution >= 0.6 is 23.2 Å². The Morgan fingerprint density at radius 1 is 1.00 bits per heavy atom. The largest absolute Gasteiger partial charge is 0.355 e. The van der Waals surface area contributed by atoms with E-state index in [9.17, 15) is 13.2 Å². The number of hydrogen-bond acceptors (Lipinski definition) is 3. The monoisotopic (exact) mass is 414 g/mol. The van der Waals surface area contributed by atoms with E-state index in [1.165, 1.54) is 31.3 Å². The van der Waals surface area contributed by atoms with E-state index in [0.717, 1.165) is 22.7 Å². The molecule has 0 saturated heterocycles. The van der Waals surface area contributed by atoms with Gasteiger partial charge in [-0.1, -0.05) is 35.3 Å². The molecule has 0 spiro atoms. The minimum Gasteiger partial charge on any atom is -0.355 e. The molecule has 5 nitrogen and oxygen atoms in total. The van der Waals surface area contributed by atoms with Gasteiger partial charge in [-0.2, -0.15) is 4.31 Å². The first kappa shape index (κ1) is 20.7. The highest BCUT2D eigenvalue weighted by atomic mass is 35.5. The van der Waals surface area contributed by atoms with Gasteiger partial charge in [-0.3, -0.25) is 4.79 Å². The first-order valence-corrected chi connectivity index (χ1v) is 10.2. The lowest BCUT2D eigenvalue weighted by Crippen LogP contribution is -2.38. The molecule has 26 heavy (non-hydrogen) atoms. The first-order valence-electron chi connectivity index (χ1n) is 8.02. The van der Waals surface area contributed by atoms with Crippen LogP contribution in [0.15, 0.2) is 53.4 Å². The van der Waals surface area contributed by atoms with E-state index in [4.69, 9.17) is 23.2 Å². The predicted molar refractivity (Wildman–Crippen MR) is 104 cm³/mol. The Morgan fingerprint density at radius 2 is 1.54 bits per heavy atom. The second kappa shape index (κ2) is 9.37. The van der Waals surface area contributed by atoms with Gasteiger partial charge in [0.05, 0.1) is 11.4 Å². The number of sulfonamides is 1. The number of amides is 1. The lowest BCUT2D eigenvalue weighted by molar-refractivity contribution is -0.121. The van der Waals surface area contributed by atoms with Crippen LogP contribution in [-0.4, -0.2) is 38.8 Å². The summed E-state index contributed by atoms with van der Waals surface area (Å²) in [6.07, 6.45) is 1.55. The predicted octanol–water partition coefficient (Wildman–Crippen LogP) is 3.36. The molecule has 0 radical (unpaired) electrons. The molecule has 0 aliphatic carbocycles. The fourth-order valence-corrected chi connectivity index (χ4v) is 3.68. The maximum absolute atomic E-state index is 12.4. The molecule has 1 N–H and O–H groups in total. The van der Waals surface area contributed by atoms with Crippen molar-refractivity contribution in [2.24, 2.45) is 0 Å². The summed E-state index contributed by atoms with van der Waals surface area (Å²) in [5, 5.41) is 3.87. The summed E-state index contributed by atoms with van der Waals surface area (Å²) in [6, 6.07) is 13.4. The van der Waals surface area contributed by atoms with Crippen molar-refractivity contribution in [3.63, 3.8) is 0 Å². The van der Waals surface area contributed by atoms with Crippen LogP contribution in [0.4, 0.5) is 0 Å². The summed E-state index contributed by atoms with van der Waals surface area (Å²) < 4.78 is 25.8. The number of carbonyl (C=O) groups is 1. The van der Waals surface area contributed by atoms with Crippen LogP contribution in [0.5, 0.6) is 0 Å². The van der Waals surface area contributed by atoms with E-state index in [-0.39, 0.29) is 17.3 Å². The summed E-state index contributed by atoms with van der Waals surface area (Å²) in [5.41, 5.74) is 1.13. The highest BCUT2D eigenvalue weighted by molar-refractivity contribution is 7.89. The van der Waals surface area contributed by atoms with Crippen LogP contribution in [0.1, 0.15) is 12.0 Å². The second-order valence-electron chi connectivity index (χ2n) is 5.79. The van der Waals surface area contributed by atoms with Crippen molar-refractivity contribution in [3.8, 4) is 0 Å². The molecule has 0 unspecified atom stereocenters. The van der Waals surface area contributed by atoms with Crippen molar-refractivity contribution in [1.82, 2.24) is 9.62 Å². The van der Waals surface area contributed by atoms with E-state index in [1.807, 2.05) is 24.3 Å². The normalized spacial score (nSPS) is 11.5. The van der Waals surface area contributed by atoms with Gasteiger partial charge in [-0.15, -0.1) is 0 Å². The van der Waals surface area contributed by atoms with Gasteiger partial charge in [-0.05, 0) is 54.8 Å². The number of rotatable bonds is 8. The molecule has 0 fully saturated rings. The third kappa shape index (κ3) is 5.99.